The minimum Gasteiger partial charge on any atom is -0.311 e. The Hall–Kier alpha value is -4.15. The molecule has 0 saturated heterocycles. The average Bonchev–Trinajstić information content (AvgIpc) is 2.81. The molecular formula is C27H22N4. The minimum absolute atomic E-state index is 0.302. The summed E-state index contributed by atoms with van der Waals surface area (Å²) in [5.74, 6) is -0.744. The summed E-state index contributed by atoms with van der Waals surface area (Å²) in [7, 11) is 0. The largest absolute Gasteiger partial charge is 0.311 e. The van der Waals surface area contributed by atoms with Crippen LogP contribution in [0.5, 0.6) is 0 Å². The van der Waals surface area contributed by atoms with Gasteiger partial charge in [0.15, 0.2) is 0 Å². The zero-order valence-corrected chi connectivity index (χ0v) is 17.5. The lowest BCUT2D eigenvalue weighted by Crippen LogP contribution is -2.24. The normalized spacial score (nSPS) is 18.0. The smallest absolute Gasteiger partial charge is 0.0973 e. The fraction of sp³-hybridized carbons (Fsp3) is 0.148. The molecule has 0 bridgehead atoms. The number of anilines is 3. The van der Waals surface area contributed by atoms with Gasteiger partial charge in [-0.2, -0.15) is 10.5 Å². The number of allylic oxidation sites excluding steroid dienone is 2. The van der Waals surface area contributed by atoms with Gasteiger partial charge < -0.3 is 4.90 Å². The van der Waals surface area contributed by atoms with E-state index in [1.54, 1.807) is 0 Å². The number of nitriles is 2. The first kappa shape index (κ1) is 20.1. The van der Waals surface area contributed by atoms with Gasteiger partial charge in [-0.05, 0) is 55.8 Å². The van der Waals surface area contributed by atoms with Gasteiger partial charge in [0.2, 0.25) is 0 Å². The molecule has 2 atom stereocenters. The Morgan fingerprint density at radius 1 is 0.742 bits per heavy atom. The van der Waals surface area contributed by atoms with Gasteiger partial charge in [0, 0.05) is 28.7 Å². The number of hydrogen-bond donors (Lipinski definition) is 0. The number of para-hydroxylation sites is 2. The van der Waals surface area contributed by atoms with Gasteiger partial charge >= 0.3 is 0 Å². The molecule has 0 radical (unpaired) electrons. The fourth-order valence-electron chi connectivity index (χ4n) is 4.14. The van der Waals surface area contributed by atoms with Crippen LogP contribution in [-0.4, -0.2) is 5.71 Å². The highest BCUT2D eigenvalue weighted by atomic mass is 15.1. The van der Waals surface area contributed by atoms with Crippen LogP contribution in [0.2, 0.25) is 0 Å². The van der Waals surface area contributed by atoms with E-state index in [-0.39, 0.29) is 5.92 Å². The van der Waals surface area contributed by atoms with Crippen molar-refractivity contribution in [3.8, 4) is 12.1 Å². The monoisotopic (exact) mass is 402 g/mol. The van der Waals surface area contributed by atoms with Crippen molar-refractivity contribution < 1.29 is 0 Å². The van der Waals surface area contributed by atoms with E-state index in [4.69, 9.17) is 0 Å². The summed E-state index contributed by atoms with van der Waals surface area (Å²) in [5.41, 5.74) is 6.08. The molecule has 0 amide bonds. The van der Waals surface area contributed by atoms with E-state index in [1.807, 2.05) is 62.4 Å². The van der Waals surface area contributed by atoms with Crippen molar-refractivity contribution in [2.75, 3.05) is 4.90 Å². The standard InChI is InChI=1S/C27H22N4/c1-19-25(17-28)27(26(18-29)20(2)30-19)21-13-15-24(16-14-21)31(22-9-5-3-6-10-22)23-11-7-4-8-12-23/h3-16,25,27H,1-2H3/t25?,27-/m0/s1. The molecule has 3 aromatic carbocycles. The van der Waals surface area contributed by atoms with Gasteiger partial charge in [0.25, 0.3) is 0 Å². The van der Waals surface area contributed by atoms with E-state index in [0.29, 0.717) is 11.3 Å². The van der Waals surface area contributed by atoms with Crippen LogP contribution in [0.4, 0.5) is 17.1 Å². The molecule has 1 aliphatic heterocycles. The minimum atomic E-state index is -0.441. The summed E-state index contributed by atoms with van der Waals surface area (Å²) in [6.45, 7) is 3.70. The summed E-state index contributed by atoms with van der Waals surface area (Å²) in [4.78, 5) is 6.62. The Balaban J connectivity index is 1.77. The zero-order valence-electron chi connectivity index (χ0n) is 17.5. The maximum atomic E-state index is 9.76. The van der Waals surface area contributed by atoms with Crippen molar-refractivity contribution in [1.82, 2.24) is 0 Å². The highest BCUT2D eigenvalue weighted by Gasteiger charge is 2.33. The van der Waals surface area contributed by atoms with Crippen LogP contribution in [0, 0.1) is 28.6 Å². The van der Waals surface area contributed by atoms with E-state index in [1.165, 1.54) is 0 Å². The molecule has 31 heavy (non-hydrogen) atoms. The summed E-state index contributed by atoms with van der Waals surface area (Å²) in [6.07, 6.45) is 0. The lowest BCUT2D eigenvalue weighted by atomic mass is 9.77. The third-order valence-corrected chi connectivity index (χ3v) is 5.63. The second-order valence-electron chi connectivity index (χ2n) is 7.55. The second-order valence-corrected chi connectivity index (χ2v) is 7.55. The molecule has 0 aromatic heterocycles. The van der Waals surface area contributed by atoms with Gasteiger partial charge in [0.1, 0.15) is 0 Å². The molecule has 0 spiro atoms. The SMILES string of the molecule is CC1=NC(C)=C(C#N)[C@@H](c2ccc(N(c3ccccc3)c3ccccc3)cc2)C1C#N. The number of aliphatic imine (C=N–C) groups is 1. The van der Waals surface area contributed by atoms with E-state index >= 15 is 0 Å². The molecule has 3 aromatic rings. The van der Waals surface area contributed by atoms with Crippen molar-refractivity contribution in [1.29, 1.82) is 10.5 Å². The third kappa shape index (κ3) is 3.84. The number of benzene rings is 3. The van der Waals surface area contributed by atoms with Gasteiger partial charge in [-0.1, -0.05) is 48.5 Å². The quantitative estimate of drug-likeness (QED) is 0.490. The molecule has 0 fully saturated rings. The van der Waals surface area contributed by atoms with Crippen molar-refractivity contribution >= 4 is 22.8 Å². The maximum Gasteiger partial charge on any atom is 0.0973 e. The van der Waals surface area contributed by atoms with Crippen LogP contribution in [0.1, 0.15) is 25.3 Å². The summed E-state index contributed by atoms with van der Waals surface area (Å²) >= 11 is 0. The Kier molecular flexibility index (Phi) is 5.65. The maximum absolute atomic E-state index is 9.76. The second kappa shape index (κ2) is 8.69. The van der Waals surface area contributed by atoms with Crippen molar-refractivity contribution in [2.24, 2.45) is 10.9 Å². The van der Waals surface area contributed by atoms with E-state index in [0.717, 1.165) is 28.3 Å². The van der Waals surface area contributed by atoms with E-state index in [2.05, 4.69) is 58.4 Å². The van der Waals surface area contributed by atoms with Crippen LogP contribution < -0.4 is 4.90 Å². The molecule has 4 rings (SSSR count). The van der Waals surface area contributed by atoms with E-state index < -0.39 is 5.92 Å². The Labute approximate surface area is 183 Å². The Morgan fingerprint density at radius 2 is 1.26 bits per heavy atom. The van der Waals surface area contributed by atoms with Gasteiger partial charge in [-0.15, -0.1) is 0 Å². The van der Waals surface area contributed by atoms with Crippen LogP contribution >= 0.6 is 0 Å². The molecule has 0 aliphatic carbocycles. The molecular weight excluding hydrogens is 380 g/mol. The first-order valence-corrected chi connectivity index (χ1v) is 10.2. The Morgan fingerprint density at radius 3 is 1.74 bits per heavy atom. The van der Waals surface area contributed by atoms with Crippen LogP contribution in [0.15, 0.2) is 101 Å². The third-order valence-electron chi connectivity index (χ3n) is 5.63. The molecule has 4 nitrogen and oxygen atoms in total. The number of nitrogens with zero attached hydrogens (tertiary/aromatic N) is 4. The van der Waals surface area contributed by atoms with Crippen molar-refractivity contribution in [2.45, 2.75) is 19.8 Å². The molecule has 1 unspecified atom stereocenters. The van der Waals surface area contributed by atoms with Crippen LogP contribution in [0.3, 0.4) is 0 Å². The summed E-state index contributed by atoms with van der Waals surface area (Å²) in [6, 6.07) is 33.2. The number of hydrogen-bond acceptors (Lipinski definition) is 4. The lowest BCUT2D eigenvalue weighted by Gasteiger charge is -2.28. The number of rotatable bonds is 4. The van der Waals surface area contributed by atoms with Crippen molar-refractivity contribution in [3.63, 3.8) is 0 Å². The summed E-state index contributed by atoms with van der Waals surface area (Å²) < 4.78 is 0. The van der Waals surface area contributed by atoms with Gasteiger partial charge in [0.05, 0.1) is 29.3 Å². The lowest BCUT2D eigenvalue weighted by molar-refractivity contribution is 0.703. The topological polar surface area (TPSA) is 63.2 Å². The molecule has 1 heterocycles. The highest BCUT2D eigenvalue weighted by Crippen LogP contribution is 2.40. The van der Waals surface area contributed by atoms with Gasteiger partial charge in [-0.3, -0.25) is 4.99 Å². The predicted octanol–water partition coefficient (Wildman–Crippen LogP) is 6.65. The van der Waals surface area contributed by atoms with Crippen LogP contribution in [-0.2, 0) is 0 Å². The van der Waals surface area contributed by atoms with Gasteiger partial charge in [-0.25, -0.2) is 0 Å². The highest BCUT2D eigenvalue weighted by molar-refractivity contribution is 5.90. The van der Waals surface area contributed by atoms with Crippen LogP contribution in [0.25, 0.3) is 0 Å². The molecule has 4 heteroatoms. The molecule has 1 aliphatic rings. The predicted molar refractivity (Wildman–Crippen MR) is 124 cm³/mol. The first-order valence-electron chi connectivity index (χ1n) is 10.2. The Bertz CT molecular complexity index is 1170. The molecule has 0 N–H and O–H groups in total. The zero-order chi connectivity index (χ0) is 21.8. The molecule has 150 valence electrons. The summed E-state index contributed by atoms with van der Waals surface area (Å²) in [5, 5.41) is 19.5. The van der Waals surface area contributed by atoms with Crippen molar-refractivity contribution in [3.05, 3.63) is 102 Å². The average molecular weight is 403 g/mol. The fourth-order valence-corrected chi connectivity index (χ4v) is 4.14. The van der Waals surface area contributed by atoms with E-state index in [9.17, 15) is 10.5 Å². The first-order chi connectivity index (χ1) is 15.1. The molecule has 0 saturated carbocycles.